The number of carboxylic acids is 1. The molecule has 1 heterocycles. The summed E-state index contributed by atoms with van der Waals surface area (Å²) in [6.45, 7) is 4.79. The number of nitrogens with one attached hydrogen (secondary N) is 1. The smallest absolute Gasteiger partial charge is 0.326 e. The van der Waals surface area contributed by atoms with Crippen LogP contribution in [-0.2, 0) is 19.6 Å². The minimum absolute atomic E-state index is 0.0809. The molecular formula is C17H22N2O6S. The zero-order valence-electron chi connectivity index (χ0n) is 14.3. The van der Waals surface area contributed by atoms with E-state index in [1.165, 1.54) is 28.6 Å². The van der Waals surface area contributed by atoms with Gasteiger partial charge in [0.05, 0.1) is 18.1 Å². The van der Waals surface area contributed by atoms with Gasteiger partial charge in [0.2, 0.25) is 10.0 Å². The highest BCUT2D eigenvalue weighted by molar-refractivity contribution is 7.89. The Morgan fingerprint density at radius 1 is 1.27 bits per heavy atom. The lowest BCUT2D eigenvalue weighted by atomic mass is 10.1. The summed E-state index contributed by atoms with van der Waals surface area (Å²) in [6, 6.07) is 4.40. The average molecular weight is 382 g/mol. The molecule has 9 heteroatoms. The van der Waals surface area contributed by atoms with Crippen LogP contribution in [0.4, 0.5) is 0 Å². The molecule has 2 rings (SSSR count). The number of nitrogens with zero attached hydrogens (tertiary/aromatic N) is 1. The third-order valence-electron chi connectivity index (χ3n) is 3.99. The van der Waals surface area contributed by atoms with Gasteiger partial charge in [-0.1, -0.05) is 6.08 Å². The third-order valence-corrected chi connectivity index (χ3v) is 5.90. The van der Waals surface area contributed by atoms with Gasteiger partial charge in [0.1, 0.15) is 6.04 Å². The Kier molecular flexibility index (Phi) is 6.90. The number of rotatable bonds is 8. The first-order valence-electron chi connectivity index (χ1n) is 8.19. The van der Waals surface area contributed by atoms with E-state index in [4.69, 9.17) is 9.84 Å². The van der Waals surface area contributed by atoms with E-state index in [9.17, 15) is 18.0 Å². The van der Waals surface area contributed by atoms with Gasteiger partial charge in [0, 0.05) is 18.7 Å². The van der Waals surface area contributed by atoms with Crippen molar-refractivity contribution < 1.29 is 27.9 Å². The monoisotopic (exact) mass is 382 g/mol. The van der Waals surface area contributed by atoms with Crippen LogP contribution >= 0.6 is 0 Å². The summed E-state index contributed by atoms with van der Waals surface area (Å²) in [5, 5.41) is 11.6. The number of carbonyl (C=O) groups is 2. The fourth-order valence-corrected chi connectivity index (χ4v) is 3.91. The Balaban J connectivity index is 2.09. The van der Waals surface area contributed by atoms with Crippen LogP contribution in [0.5, 0.6) is 0 Å². The van der Waals surface area contributed by atoms with Crippen molar-refractivity contribution in [2.24, 2.45) is 0 Å². The molecule has 1 aromatic rings. The van der Waals surface area contributed by atoms with Crippen LogP contribution < -0.4 is 5.32 Å². The fourth-order valence-electron chi connectivity index (χ4n) is 2.50. The second kappa shape index (κ2) is 8.93. The predicted molar refractivity (Wildman–Crippen MR) is 94.3 cm³/mol. The number of benzene rings is 1. The van der Waals surface area contributed by atoms with Crippen molar-refractivity contribution >= 4 is 21.9 Å². The summed E-state index contributed by atoms with van der Waals surface area (Å²) in [4.78, 5) is 23.5. The third kappa shape index (κ3) is 4.90. The number of ether oxygens (including phenoxy) is 1. The Hall–Kier alpha value is -2.23. The molecule has 1 atom stereocenters. The van der Waals surface area contributed by atoms with Gasteiger partial charge in [-0.05, 0) is 37.1 Å². The van der Waals surface area contributed by atoms with Crippen LogP contribution in [0.2, 0.25) is 0 Å². The lowest BCUT2D eigenvalue weighted by Crippen LogP contribution is -2.41. The van der Waals surface area contributed by atoms with E-state index in [2.05, 4.69) is 11.9 Å². The van der Waals surface area contributed by atoms with Gasteiger partial charge in [-0.3, -0.25) is 4.79 Å². The van der Waals surface area contributed by atoms with Crippen molar-refractivity contribution in [1.29, 1.82) is 0 Å². The number of carboxylic acid groups (broad SMARTS) is 1. The van der Waals surface area contributed by atoms with Crippen molar-refractivity contribution in [3.05, 3.63) is 42.5 Å². The van der Waals surface area contributed by atoms with E-state index in [0.29, 0.717) is 19.6 Å². The maximum atomic E-state index is 12.5. The van der Waals surface area contributed by atoms with Gasteiger partial charge in [-0.25, -0.2) is 13.2 Å². The summed E-state index contributed by atoms with van der Waals surface area (Å²) in [5.74, 6) is -1.71. The molecular weight excluding hydrogens is 360 g/mol. The van der Waals surface area contributed by atoms with E-state index < -0.39 is 27.9 Å². The maximum Gasteiger partial charge on any atom is 0.326 e. The number of amides is 1. The first kappa shape index (κ1) is 20.1. The number of hydrogen-bond donors (Lipinski definition) is 2. The molecule has 1 unspecified atom stereocenters. The maximum absolute atomic E-state index is 12.5. The van der Waals surface area contributed by atoms with Crippen molar-refractivity contribution in [3.63, 3.8) is 0 Å². The quantitative estimate of drug-likeness (QED) is 0.645. The summed E-state index contributed by atoms with van der Waals surface area (Å²) >= 11 is 0. The Morgan fingerprint density at radius 3 is 2.42 bits per heavy atom. The molecule has 8 nitrogen and oxygen atoms in total. The largest absolute Gasteiger partial charge is 0.480 e. The minimum atomic E-state index is -3.64. The molecule has 26 heavy (non-hydrogen) atoms. The lowest BCUT2D eigenvalue weighted by Gasteiger charge is -2.26. The Labute approximate surface area is 152 Å². The number of allylic oxidation sites excluding steroid dienone is 1. The van der Waals surface area contributed by atoms with Gasteiger partial charge in [-0.15, -0.1) is 6.58 Å². The SMILES string of the molecule is C=CCCC(NC(=O)c1ccc(S(=O)(=O)N2CCOCC2)cc1)C(=O)O. The van der Waals surface area contributed by atoms with Crippen LogP contribution in [0.3, 0.4) is 0 Å². The van der Waals surface area contributed by atoms with Crippen LogP contribution in [0.15, 0.2) is 41.8 Å². The van der Waals surface area contributed by atoms with Crippen LogP contribution in [0.25, 0.3) is 0 Å². The molecule has 0 spiro atoms. The van der Waals surface area contributed by atoms with Crippen molar-refractivity contribution in [2.75, 3.05) is 26.3 Å². The number of sulfonamides is 1. The summed E-state index contributed by atoms with van der Waals surface area (Å²) in [7, 11) is -3.64. The number of hydrogen-bond acceptors (Lipinski definition) is 5. The molecule has 1 amide bonds. The molecule has 1 saturated heterocycles. The topological polar surface area (TPSA) is 113 Å². The van der Waals surface area contributed by atoms with E-state index in [0.717, 1.165) is 0 Å². The second-order valence-corrected chi connectivity index (χ2v) is 7.71. The highest BCUT2D eigenvalue weighted by Crippen LogP contribution is 2.18. The molecule has 0 saturated carbocycles. The van der Waals surface area contributed by atoms with Crippen LogP contribution in [-0.4, -0.2) is 62.1 Å². The number of morpholine rings is 1. The number of carbonyl (C=O) groups excluding carboxylic acids is 1. The average Bonchev–Trinajstić information content (AvgIpc) is 2.65. The van der Waals surface area contributed by atoms with E-state index >= 15 is 0 Å². The molecule has 0 aromatic heterocycles. The Bertz CT molecular complexity index is 754. The normalized spacial score (nSPS) is 16.6. The van der Waals surface area contributed by atoms with Crippen molar-refractivity contribution in [1.82, 2.24) is 9.62 Å². The highest BCUT2D eigenvalue weighted by atomic mass is 32.2. The van der Waals surface area contributed by atoms with E-state index in [-0.39, 0.29) is 30.0 Å². The molecule has 0 radical (unpaired) electrons. The van der Waals surface area contributed by atoms with E-state index in [1.54, 1.807) is 6.08 Å². The Morgan fingerprint density at radius 2 is 1.88 bits per heavy atom. The van der Waals surface area contributed by atoms with Crippen molar-refractivity contribution in [3.8, 4) is 0 Å². The molecule has 1 aromatic carbocycles. The first-order chi connectivity index (χ1) is 12.4. The number of aliphatic carboxylic acids is 1. The lowest BCUT2D eigenvalue weighted by molar-refractivity contribution is -0.139. The summed E-state index contributed by atoms with van der Waals surface area (Å²) < 4.78 is 31.6. The van der Waals surface area contributed by atoms with Gasteiger partial charge in [0.15, 0.2) is 0 Å². The first-order valence-corrected chi connectivity index (χ1v) is 9.63. The second-order valence-electron chi connectivity index (χ2n) is 5.77. The minimum Gasteiger partial charge on any atom is -0.480 e. The van der Waals surface area contributed by atoms with Crippen molar-refractivity contribution in [2.45, 2.75) is 23.8 Å². The van der Waals surface area contributed by atoms with Crippen LogP contribution in [0.1, 0.15) is 23.2 Å². The molecule has 1 aliphatic rings. The predicted octanol–water partition coefficient (Wildman–Crippen LogP) is 0.857. The molecule has 0 aliphatic carbocycles. The van der Waals surface area contributed by atoms with Gasteiger partial charge < -0.3 is 15.2 Å². The highest BCUT2D eigenvalue weighted by Gasteiger charge is 2.26. The molecule has 142 valence electrons. The molecule has 1 aliphatic heterocycles. The fraction of sp³-hybridized carbons (Fsp3) is 0.412. The molecule has 2 N–H and O–H groups in total. The van der Waals surface area contributed by atoms with Gasteiger partial charge in [-0.2, -0.15) is 4.31 Å². The summed E-state index contributed by atoms with van der Waals surface area (Å²) in [6.07, 6.45) is 2.26. The zero-order valence-corrected chi connectivity index (χ0v) is 15.1. The van der Waals surface area contributed by atoms with Crippen LogP contribution in [0, 0.1) is 0 Å². The zero-order chi connectivity index (χ0) is 19.2. The molecule has 1 fully saturated rings. The van der Waals surface area contributed by atoms with Gasteiger partial charge >= 0.3 is 5.97 Å². The summed E-state index contributed by atoms with van der Waals surface area (Å²) in [5.41, 5.74) is 0.191. The van der Waals surface area contributed by atoms with E-state index in [1.807, 2.05) is 0 Å². The standard InChI is InChI=1S/C17H22N2O6S/c1-2-3-4-15(17(21)22)18-16(20)13-5-7-14(8-6-13)26(23,24)19-9-11-25-12-10-19/h2,5-8,15H,1,3-4,9-12H2,(H,18,20)(H,21,22). The van der Waals surface area contributed by atoms with Gasteiger partial charge in [0.25, 0.3) is 5.91 Å². The molecule has 0 bridgehead atoms.